The number of carbonyl (C=O) groups excluding carboxylic acids is 1. The molecular weight excluding hydrogens is 527 g/mol. The van der Waals surface area contributed by atoms with Crippen LogP contribution in [0, 0.1) is 6.92 Å². The van der Waals surface area contributed by atoms with Gasteiger partial charge in [-0.2, -0.15) is 0 Å². The van der Waals surface area contributed by atoms with Crippen LogP contribution in [-0.4, -0.2) is 59.4 Å². The van der Waals surface area contributed by atoms with Gasteiger partial charge in [0, 0.05) is 36.7 Å². The van der Waals surface area contributed by atoms with Crippen molar-refractivity contribution in [1.29, 1.82) is 0 Å². The number of carbonyl (C=O) groups is 1. The lowest BCUT2D eigenvalue weighted by atomic mass is 10.0. The summed E-state index contributed by atoms with van der Waals surface area (Å²) >= 11 is 14.3. The first kappa shape index (κ1) is 26.1. The lowest BCUT2D eigenvalue weighted by Crippen LogP contribution is -2.42. The van der Waals surface area contributed by atoms with E-state index < -0.39 is 0 Å². The number of para-hydroxylation sites is 1. The quantitative estimate of drug-likeness (QED) is 0.361. The highest BCUT2D eigenvalue weighted by molar-refractivity contribution is 8.00. The number of anilines is 4. The van der Waals surface area contributed by atoms with Crippen LogP contribution in [0.2, 0.25) is 10.0 Å². The summed E-state index contributed by atoms with van der Waals surface area (Å²) < 4.78 is 0. The molecule has 2 aliphatic heterocycles. The predicted molar refractivity (Wildman–Crippen MR) is 154 cm³/mol. The Balaban J connectivity index is 1.32. The van der Waals surface area contributed by atoms with Crippen LogP contribution in [0.25, 0.3) is 0 Å². The van der Waals surface area contributed by atoms with Crippen LogP contribution >= 0.6 is 35.0 Å². The number of aryl methyl sites for hydroxylation is 1. The lowest BCUT2D eigenvalue weighted by molar-refractivity contribution is 0.0979. The molecule has 3 heterocycles. The third-order valence-corrected chi connectivity index (χ3v) is 8.71. The number of halogens is 2. The molecule has 37 heavy (non-hydrogen) atoms. The summed E-state index contributed by atoms with van der Waals surface area (Å²) in [6, 6.07) is 12.2. The fourth-order valence-electron chi connectivity index (χ4n) is 5.01. The van der Waals surface area contributed by atoms with Crippen LogP contribution in [0.4, 0.5) is 23.0 Å². The normalized spacial score (nSPS) is 18.4. The molecule has 1 atom stereocenters. The number of aromatic nitrogens is 2. The molecule has 3 aromatic rings. The summed E-state index contributed by atoms with van der Waals surface area (Å²) in [6.45, 7) is 6.19. The highest BCUT2D eigenvalue weighted by Crippen LogP contribution is 2.42. The van der Waals surface area contributed by atoms with E-state index >= 15 is 0 Å². The van der Waals surface area contributed by atoms with Crippen molar-refractivity contribution in [2.24, 2.45) is 0 Å². The van der Waals surface area contributed by atoms with Gasteiger partial charge >= 0.3 is 0 Å². The van der Waals surface area contributed by atoms with Crippen LogP contribution in [0.15, 0.2) is 47.6 Å². The maximum Gasteiger partial charge on any atom is 0.263 e. The number of nitrogens with zero attached hydrogens (tertiary/aromatic N) is 5. The molecule has 0 spiro atoms. The van der Waals surface area contributed by atoms with Gasteiger partial charge in [-0.1, -0.05) is 41.0 Å². The summed E-state index contributed by atoms with van der Waals surface area (Å²) in [5.41, 5.74) is 4.32. The molecule has 1 unspecified atom stereocenters. The minimum Gasteiger partial charge on any atom is -0.371 e. The van der Waals surface area contributed by atoms with Gasteiger partial charge in [-0.05, 0) is 76.7 Å². The maximum absolute atomic E-state index is 13.4. The molecule has 0 aliphatic carbocycles. The van der Waals surface area contributed by atoms with E-state index in [4.69, 9.17) is 23.2 Å². The highest BCUT2D eigenvalue weighted by Gasteiger charge is 2.35. The molecule has 2 aliphatic rings. The van der Waals surface area contributed by atoms with Gasteiger partial charge in [0.15, 0.2) is 0 Å². The molecule has 1 N–H and O–H groups in total. The van der Waals surface area contributed by atoms with Crippen LogP contribution in [0.1, 0.15) is 35.7 Å². The van der Waals surface area contributed by atoms with Crippen molar-refractivity contribution in [3.63, 3.8) is 0 Å². The Labute approximate surface area is 232 Å². The molecule has 1 fully saturated rings. The van der Waals surface area contributed by atoms with E-state index in [-0.39, 0.29) is 11.3 Å². The lowest BCUT2D eigenvalue weighted by Gasteiger charge is -2.37. The van der Waals surface area contributed by atoms with Crippen molar-refractivity contribution >= 4 is 63.9 Å². The van der Waals surface area contributed by atoms with Gasteiger partial charge in [-0.15, -0.1) is 0 Å². The van der Waals surface area contributed by atoms with Crippen LogP contribution < -0.4 is 15.1 Å². The molecule has 2 aromatic carbocycles. The Morgan fingerprint density at radius 2 is 1.81 bits per heavy atom. The van der Waals surface area contributed by atoms with Crippen molar-refractivity contribution in [2.45, 2.75) is 43.1 Å². The summed E-state index contributed by atoms with van der Waals surface area (Å²) in [5, 5.41) is 4.56. The fraction of sp³-hybridized carbons (Fsp3) is 0.370. The van der Waals surface area contributed by atoms with Crippen molar-refractivity contribution in [3.8, 4) is 0 Å². The number of fused-ring (bicyclic) bond motifs is 1. The van der Waals surface area contributed by atoms with Gasteiger partial charge in [-0.25, -0.2) is 9.97 Å². The zero-order valence-corrected chi connectivity index (χ0v) is 23.7. The third-order valence-electron chi connectivity index (χ3n) is 7.02. The Morgan fingerprint density at radius 1 is 1.11 bits per heavy atom. The van der Waals surface area contributed by atoms with Gasteiger partial charge in [-0.3, -0.25) is 9.69 Å². The second-order valence-electron chi connectivity index (χ2n) is 9.68. The van der Waals surface area contributed by atoms with E-state index in [9.17, 15) is 4.79 Å². The van der Waals surface area contributed by atoms with Gasteiger partial charge in [0.1, 0.15) is 5.03 Å². The molecule has 1 aromatic heterocycles. The second kappa shape index (κ2) is 10.7. The molecule has 0 radical (unpaired) electrons. The molecular formula is C27H30Cl2N6OS. The number of hydrogen-bond acceptors (Lipinski definition) is 7. The van der Waals surface area contributed by atoms with Crippen molar-refractivity contribution in [2.75, 3.05) is 42.3 Å². The Kier molecular flexibility index (Phi) is 7.54. The van der Waals surface area contributed by atoms with Gasteiger partial charge in [0.25, 0.3) is 5.91 Å². The summed E-state index contributed by atoms with van der Waals surface area (Å²) in [6.07, 6.45) is 3.91. The van der Waals surface area contributed by atoms with Gasteiger partial charge < -0.3 is 15.1 Å². The molecule has 194 valence electrons. The number of thioether (sulfide) groups is 1. The van der Waals surface area contributed by atoms with E-state index in [1.165, 1.54) is 35.9 Å². The second-order valence-corrected chi connectivity index (χ2v) is 11.8. The molecule has 7 nitrogen and oxygen atoms in total. The number of benzene rings is 2. The molecule has 10 heteroatoms. The predicted octanol–water partition coefficient (Wildman–Crippen LogP) is 6.46. The topological polar surface area (TPSA) is 64.6 Å². The zero-order chi connectivity index (χ0) is 26.3. The summed E-state index contributed by atoms with van der Waals surface area (Å²) in [7, 11) is 4.32. The van der Waals surface area contributed by atoms with Crippen molar-refractivity contribution < 1.29 is 4.79 Å². The Morgan fingerprint density at radius 3 is 2.46 bits per heavy atom. The first-order valence-electron chi connectivity index (χ1n) is 12.3. The van der Waals surface area contributed by atoms with E-state index in [1.807, 2.05) is 6.92 Å². The monoisotopic (exact) mass is 556 g/mol. The SMILES string of the molecule is Cc1cc(Nc2ncc3c(n2)SC(C)N(c2c(Cl)cccc2Cl)C3=O)ccc1N1CCC(N(C)C)CC1. The number of nitrogens with one attached hydrogen (secondary N) is 1. The third kappa shape index (κ3) is 5.25. The maximum atomic E-state index is 13.4. The number of piperidine rings is 1. The molecule has 1 saturated heterocycles. The molecule has 1 amide bonds. The largest absolute Gasteiger partial charge is 0.371 e. The molecule has 0 bridgehead atoms. The van der Waals surface area contributed by atoms with Crippen LogP contribution in [0.5, 0.6) is 0 Å². The minimum atomic E-state index is -0.238. The van der Waals surface area contributed by atoms with Crippen LogP contribution in [-0.2, 0) is 0 Å². The Hall–Kier alpha value is -2.52. The number of rotatable bonds is 5. The van der Waals surface area contributed by atoms with Gasteiger partial charge in [0.05, 0.1) is 26.7 Å². The van der Waals surface area contributed by atoms with Crippen molar-refractivity contribution in [1.82, 2.24) is 14.9 Å². The average Bonchev–Trinajstić information content (AvgIpc) is 2.86. The fourth-order valence-corrected chi connectivity index (χ4v) is 6.63. The van der Waals surface area contributed by atoms with E-state index in [1.54, 1.807) is 29.3 Å². The number of hydrogen-bond donors (Lipinski definition) is 1. The first-order chi connectivity index (χ1) is 17.7. The first-order valence-corrected chi connectivity index (χ1v) is 14.0. The van der Waals surface area contributed by atoms with E-state index in [0.29, 0.717) is 38.3 Å². The highest BCUT2D eigenvalue weighted by atomic mass is 35.5. The van der Waals surface area contributed by atoms with Crippen molar-refractivity contribution in [3.05, 3.63) is 63.8 Å². The smallest absolute Gasteiger partial charge is 0.263 e. The van der Waals surface area contributed by atoms with E-state index in [2.05, 4.69) is 64.3 Å². The summed E-state index contributed by atoms with van der Waals surface area (Å²) in [5.74, 6) is 0.232. The molecule has 5 rings (SSSR count). The standard InChI is InChI=1S/C27H30Cl2N6OS/c1-16-14-18(8-9-23(16)34-12-10-19(11-13-34)33(3)4)31-27-30-15-20-25(32-27)37-17(2)35(26(20)36)24-21(28)6-5-7-22(24)29/h5-9,14-15,17,19H,10-13H2,1-4H3,(H,30,31,32). The molecule has 0 saturated carbocycles. The van der Waals surface area contributed by atoms with Gasteiger partial charge in [0.2, 0.25) is 5.95 Å². The summed E-state index contributed by atoms with van der Waals surface area (Å²) in [4.78, 5) is 28.9. The van der Waals surface area contributed by atoms with E-state index in [0.717, 1.165) is 18.8 Å². The number of amides is 1. The average molecular weight is 558 g/mol. The van der Waals surface area contributed by atoms with Crippen LogP contribution in [0.3, 0.4) is 0 Å². The minimum absolute atomic E-state index is 0.221. The zero-order valence-electron chi connectivity index (χ0n) is 21.3. The Bertz CT molecular complexity index is 1310.